The summed E-state index contributed by atoms with van der Waals surface area (Å²) >= 11 is 3.42. The lowest BCUT2D eigenvalue weighted by Crippen LogP contribution is -2.47. The van der Waals surface area contributed by atoms with Crippen LogP contribution in [0.15, 0.2) is 28.7 Å². The summed E-state index contributed by atoms with van der Waals surface area (Å²) in [5.74, 6) is 1.31. The van der Waals surface area contributed by atoms with Gasteiger partial charge in [0, 0.05) is 36.7 Å². The quantitative estimate of drug-likeness (QED) is 0.773. The number of hydrogen-bond acceptors (Lipinski definition) is 4. The van der Waals surface area contributed by atoms with Crippen LogP contribution < -0.4 is 15.4 Å². The van der Waals surface area contributed by atoms with Crippen molar-refractivity contribution in [1.82, 2.24) is 15.5 Å². The maximum Gasteiger partial charge on any atom is 0.224 e. The third-order valence-corrected chi connectivity index (χ3v) is 5.38. The fraction of sp³-hybridized carbons (Fsp3) is 0.611. The number of amides is 1. The van der Waals surface area contributed by atoms with Crippen LogP contribution in [-0.4, -0.2) is 56.2 Å². The molecule has 0 aliphatic carbocycles. The van der Waals surface area contributed by atoms with Gasteiger partial charge in [0.15, 0.2) is 0 Å². The van der Waals surface area contributed by atoms with Crippen molar-refractivity contribution in [1.29, 1.82) is 0 Å². The molecule has 24 heavy (non-hydrogen) atoms. The number of nitrogens with one attached hydrogen (secondary N) is 2. The average molecular weight is 396 g/mol. The monoisotopic (exact) mass is 395 g/mol. The van der Waals surface area contributed by atoms with Gasteiger partial charge in [0.25, 0.3) is 0 Å². The molecule has 1 amide bonds. The van der Waals surface area contributed by atoms with Crippen LogP contribution in [0, 0.1) is 5.92 Å². The van der Waals surface area contributed by atoms with E-state index in [2.05, 4.69) is 31.5 Å². The predicted molar refractivity (Wildman–Crippen MR) is 98.2 cm³/mol. The Morgan fingerprint density at radius 1 is 1.25 bits per heavy atom. The van der Waals surface area contributed by atoms with Crippen LogP contribution in [-0.2, 0) is 4.79 Å². The standard InChI is InChI=1S/C18H26BrN3O2/c19-15-1-3-17(4-2-15)24-12-11-22-9-6-16(7-10-22)21-18(23)14-5-8-20-13-14/h1-4,14,16,20H,5-13H2,(H,21,23). The summed E-state index contributed by atoms with van der Waals surface area (Å²) in [6.45, 7) is 5.48. The molecule has 5 nitrogen and oxygen atoms in total. The number of halogens is 1. The highest BCUT2D eigenvalue weighted by molar-refractivity contribution is 9.10. The van der Waals surface area contributed by atoms with E-state index < -0.39 is 0 Å². The molecule has 2 N–H and O–H groups in total. The van der Waals surface area contributed by atoms with Gasteiger partial charge in [-0.1, -0.05) is 15.9 Å². The third kappa shape index (κ3) is 5.19. The third-order valence-electron chi connectivity index (χ3n) is 4.85. The van der Waals surface area contributed by atoms with E-state index in [1.165, 1.54) is 0 Å². The Hall–Kier alpha value is -1.11. The largest absolute Gasteiger partial charge is 0.492 e. The van der Waals surface area contributed by atoms with Gasteiger partial charge in [-0.15, -0.1) is 0 Å². The first-order valence-corrected chi connectivity index (χ1v) is 9.62. The molecule has 1 atom stereocenters. The number of benzene rings is 1. The van der Waals surface area contributed by atoms with Gasteiger partial charge in [0.2, 0.25) is 5.91 Å². The number of likely N-dealkylation sites (tertiary alicyclic amines) is 1. The Morgan fingerprint density at radius 2 is 2.00 bits per heavy atom. The smallest absolute Gasteiger partial charge is 0.224 e. The van der Waals surface area contributed by atoms with E-state index in [0.717, 1.165) is 62.2 Å². The molecule has 0 aromatic heterocycles. The van der Waals surface area contributed by atoms with Crippen LogP contribution in [0.4, 0.5) is 0 Å². The predicted octanol–water partition coefficient (Wildman–Crippen LogP) is 2.02. The summed E-state index contributed by atoms with van der Waals surface area (Å²) in [6.07, 6.45) is 3.03. The van der Waals surface area contributed by atoms with Crippen LogP contribution in [0.25, 0.3) is 0 Å². The molecule has 2 heterocycles. The van der Waals surface area contributed by atoms with Gasteiger partial charge in [-0.2, -0.15) is 0 Å². The lowest BCUT2D eigenvalue weighted by atomic mass is 10.0. The first kappa shape index (κ1) is 17.7. The number of hydrogen-bond donors (Lipinski definition) is 2. The lowest BCUT2D eigenvalue weighted by Gasteiger charge is -2.32. The highest BCUT2D eigenvalue weighted by Crippen LogP contribution is 2.17. The highest BCUT2D eigenvalue weighted by Gasteiger charge is 2.26. The van der Waals surface area contributed by atoms with Gasteiger partial charge in [-0.3, -0.25) is 9.69 Å². The Balaban J connectivity index is 1.31. The Kier molecular flexibility index (Phi) is 6.51. The number of ether oxygens (including phenoxy) is 1. The van der Waals surface area contributed by atoms with Crippen molar-refractivity contribution < 1.29 is 9.53 Å². The second-order valence-electron chi connectivity index (χ2n) is 6.62. The number of rotatable bonds is 6. The van der Waals surface area contributed by atoms with Crippen LogP contribution in [0.1, 0.15) is 19.3 Å². The minimum atomic E-state index is 0.169. The van der Waals surface area contributed by atoms with E-state index in [4.69, 9.17) is 4.74 Å². The fourth-order valence-corrected chi connectivity index (χ4v) is 3.59. The molecule has 132 valence electrons. The van der Waals surface area contributed by atoms with E-state index in [1.807, 2.05) is 24.3 Å². The van der Waals surface area contributed by atoms with Crippen LogP contribution in [0.2, 0.25) is 0 Å². The lowest BCUT2D eigenvalue weighted by molar-refractivity contribution is -0.125. The molecular weight excluding hydrogens is 370 g/mol. The van der Waals surface area contributed by atoms with Crippen molar-refractivity contribution in [2.24, 2.45) is 5.92 Å². The fourth-order valence-electron chi connectivity index (χ4n) is 3.32. The number of nitrogens with zero attached hydrogens (tertiary/aromatic N) is 1. The zero-order chi connectivity index (χ0) is 16.8. The van der Waals surface area contributed by atoms with Crippen LogP contribution in [0.3, 0.4) is 0 Å². The normalized spacial score (nSPS) is 22.5. The first-order valence-electron chi connectivity index (χ1n) is 8.82. The first-order chi connectivity index (χ1) is 11.7. The summed E-state index contributed by atoms with van der Waals surface area (Å²) in [5, 5.41) is 6.48. The van der Waals surface area contributed by atoms with Crippen molar-refractivity contribution in [3.63, 3.8) is 0 Å². The molecule has 1 unspecified atom stereocenters. The zero-order valence-electron chi connectivity index (χ0n) is 14.0. The Labute approximate surface area is 152 Å². The summed E-state index contributed by atoms with van der Waals surface area (Å²) in [5.41, 5.74) is 0. The second kappa shape index (κ2) is 8.83. The minimum Gasteiger partial charge on any atom is -0.492 e. The molecule has 0 spiro atoms. The van der Waals surface area contributed by atoms with Crippen LogP contribution >= 0.6 is 15.9 Å². The van der Waals surface area contributed by atoms with Crippen LogP contribution in [0.5, 0.6) is 5.75 Å². The van der Waals surface area contributed by atoms with E-state index >= 15 is 0 Å². The molecular formula is C18H26BrN3O2. The van der Waals surface area contributed by atoms with E-state index in [1.54, 1.807) is 0 Å². The molecule has 2 saturated heterocycles. The van der Waals surface area contributed by atoms with Crippen molar-refractivity contribution in [3.8, 4) is 5.75 Å². The maximum atomic E-state index is 12.2. The Morgan fingerprint density at radius 3 is 2.67 bits per heavy atom. The molecule has 3 rings (SSSR count). The number of piperidine rings is 1. The molecule has 6 heteroatoms. The molecule has 2 fully saturated rings. The van der Waals surface area contributed by atoms with Gasteiger partial charge >= 0.3 is 0 Å². The number of carbonyl (C=O) groups excluding carboxylic acids is 1. The van der Waals surface area contributed by atoms with Crippen molar-refractivity contribution in [2.45, 2.75) is 25.3 Å². The van der Waals surface area contributed by atoms with Gasteiger partial charge < -0.3 is 15.4 Å². The average Bonchev–Trinajstić information content (AvgIpc) is 3.13. The summed E-state index contributed by atoms with van der Waals surface area (Å²) in [7, 11) is 0. The van der Waals surface area contributed by atoms with E-state index in [0.29, 0.717) is 12.6 Å². The summed E-state index contributed by atoms with van der Waals surface area (Å²) < 4.78 is 6.85. The molecule has 2 aliphatic heterocycles. The second-order valence-corrected chi connectivity index (χ2v) is 7.53. The van der Waals surface area contributed by atoms with Crippen molar-refractivity contribution in [2.75, 3.05) is 39.3 Å². The van der Waals surface area contributed by atoms with Gasteiger partial charge in [-0.25, -0.2) is 0 Å². The van der Waals surface area contributed by atoms with Gasteiger partial charge in [0.1, 0.15) is 12.4 Å². The van der Waals surface area contributed by atoms with E-state index in [9.17, 15) is 4.79 Å². The van der Waals surface area contributed by atoms with Crippen molar-refractivity contribution >= 4 is 21.8 Å². The maximum absolute atomic E-state index is 12.2. The molecule has 1 aromatic carbocycles. The molecule has 0 saturated carbocycles. The molecule has 1 aromatic rings. The molecule has 0 radical (unpaired) electrons. The Bertz CT molecular complexity index is 524. The van der Waals surface area contributed by atoms with E-state index in [-0.39, 0.29) is 11.8 Å². The molecule has 0 bridgehead atoms. The SMILES string of the molecule is O=C(NC1CCN(CCOc2ccc(Br)cc2)CC1)C1CCNC1. The van der Waals surface area contributed by atoms with Crippen molar-refractivity contribution in [3.05, 3.63) is 28.7 Å². The minimum absolute atomic E-state index is 0.169. The van der Waals surface area contributed by atoms with Gasteiger partial charge in [0.05, 0.1) is 5.92 Å². The summed E-state index contributed by atoms with van der Waals surface area (Å²) in [6, 6.07) is 8.27. The summed E-state index contributed by atoms with van der Waals surface area (Å²) in [4.78, 5) is 14.6. The zero-order valence-corrected chi connectivity index (χ0v) is 15.6. The highest BCUT2D eigenvalue weighted by atomic mass is 79.9. The van der Waals surface area contributed by atoms with Gasteiger partial charge in [-0.05, 0) is 50.1 Å². The molecule has 2 aliphatic rings. The topological polar surface area (TPSA) is 53.6 Å². The number of carbonyl (C=O) groups is 1.